The van der Waals surface area contributed by atoms with Crippen LogP contribution in [0.3, 0.4) is 0 Å². The lowest BCUT2D eigenvalue weighted by Crippen LogP contribution is -2.35. The Morgan fingerprint density at radius 2 is 2.12 bits per heavy atom. The van der Waals surface area contributed by atoms with E-state index >= 15 is 0 Å². The third-order valence-electron chi connectivity index (χ3n) is 3.31. The van der Waals surface area contributed by atoms with E-state index in [9.17, 15) is 0 Å². The van der Waals surface area contributed by atoms with Crippen LogP contribution < -0.4 is 11.1 Å². The highest BCUT2D eigenvalue weighted by Crippen LogP contribution is 2.35. The normalized spacial score (nSPS) is 17.8. The van der Waals surface area contributed by atoms with E-state index in [1.807, 2.05) is 18.2 Å². The fraction of sp³-hybridized carbons (Fsp3) is 0.500. The first kappa shape index (κ1) is 12.0. The van der Waals surface area contributed by atoms with Crippen LogP contribution in [0.4, 0.5) is 0 Å². The van der Waals surface area contributed by atoms with Crippen molar-refractivity contribution < 1.29 is 0 Å². The highest BCUT2D eigenvalue weighted by atomic mass is 15.1. The number of nitrogens with one attached hydrogen (secondary N) is 1. The number of hydrogen-bond donors (Lipinski definition) is 2. The molecule has 1 aliphatic carbocycles. The van der Waals surface area contributed by atoms with Crippen molar-refractivity contribution in [3.63, 3.8) is 0 Å². The fourth-order valence-electron chi connectivity index (χ4n) is 1.91. The molecule has 1 fully saturated rings. The lowest BCUT2D eigenvalue weighted by molar-refractivity contribution is 0.498. The van der Waals surface area contributed by atoms with Gasteiger partial charge in [0.2, 0.25) is 0 Å². The molecule has 1 unspecified atom stereocenters. The van der Waals surface area contributed by atoms with Gasteiger partial charge in [0.05, 0.1) is 6.54 Å². The second kappa shape index (κ2) is 5.71. The molecule has 2 rings (SSSR count). The van der Waals surface area contributed by atoms with E-state index in [2.05, 4.69) is 29.4 Å². The zero-order valence-corrected chi connectivity index (χ0v) is 10.4. The molecule has 92 valence electrons. The Morgan fingerprint density at radius 3 is 2.76 bits per heavy atom. The summed E-state index contributed by atoms with van der Waals surface area (Å²) in [5, 5.41) is 3.20. The number of rotatable bonds is 5. The van der Waals surface area contributed by atoms with Gasteiger partial charge < -0.3 is 11.1 Å². The molecule has 0 spiro atoms. The Balaban J connectivity index is 1.73. The average Bonchev–Trinajstić information content (AvgIpc) is 3.19. The summed E-state index contributed by atoms with van der Waals surface area (Å²) in [5.41, 5.74) is 7.02. The lowest BCUT2D eigenvalue weighted by atomic mass is 10.1. The summed E-state index contributed by atoms with van der Waals surface area (Å²) < 4.78 is 0. The third kappa shape index (κ3) is 4.10. The van der Waals surface area contributed by atoms with Crippen LogP contribution in [0.5, 0.6) is 0 Å². The number of guanidine groups is 1. The molecule has 17 heavy (non-hydrogen) atoms. The first-order valence-corrected chi connectivity index (χ1v) is 6.33. The van der Waals surface area contributed by atoms with Gasteiger partial charge in [-0.2, -0.15) is 0 Å². The molecule has 0 aromatic heterocycles. The minimum Gasteiger partial charge on any atom is -0.370 e. The largest absolute Gasteiger partial charge is 0.370 e. The molecule has 0 radical (unpaired) electrons. The van der Waals surface area contributed by atoms with E-state index in [1.54, 1.807) is 0 Å². The molecule has 0 bridgehead atoms. The van der Waals surface area contributed by atoms with Crippen molar-refractivity contribution in [3.8, 4) is 0 Å². The van der Waals surface area contributed by atoms with Crippen molar-refractivity contribution >= 4 is 5.96 Å². The molecular formula is C14H21N3. The van der Waals surface area contributed by atoms with Gasteiger partial charge in [0, 0.05) is 6.54 Å². The molecule has 3 N–H and O–H groups in total. The molecular weight excluding hydrogens is 210 g/mol. The Morgan fingerprint density at radius 1 is 1.41 bits per heavy atom. The summed E-state index contributed by atoms with van der Waals surface area (Å²) in [6, 6.07) is 10.2. The maximum Gasteiger partial charge on any atom is 0.188 e. The van der Waals surface area contributed by atoms with Gasteiger partial charge in [0.25, 0.3) is 0 Å². The second-order valence-electron chi connectivity index (χ2n) is 4.88. The van der Waals surface area contributed by atoms with Crippen LogP contribution in [-0.4, -0.2) is 12.5 Å². The van der Waals surface area contributed by atoms with E-state index < -0.39 is 0 Å². The molecule has 1 saturated carbocycles. The van der Waals surface area contributed by atoms with Gasteiger partial charge in [-0.3, -0.25) is 0 Å². The quantitative estimate of drug-likeness (QED) is 0.602. The predicted octanol–water partition coefficient (Wildman–Crippen LogP) is 2.14. The van der Waals surface area contributed by atoms with Crippen LogP contribution in [-0.2, 0) is 6.54 Å². The maximum absolute atomic E-state index is 5.83. The summed E-state index contributed by atoms with van der Waals surface area (Å²) in [6.07, 6.45) is 2.76. The number of benzene rings is 1. The zero-order valence-electron chi connectivity index (χ0n) is 10.4. The first-order valence-electron chi connectivity index (χ1n) is 6.33. The van der Waals surface area contributed by atoms with Crippen molar-refractivity contribution in [3.05, 3.63) is 35.9 Å². The average molecular weight is 231 g/mol. The zero-order chi connectivity index (χ0) is 12.1. The lowest BCUT2D eigenvalue weighted by Gasteiger charge is -2.11. The SMILES string of the molecule is CC(CNC(N)=NCc1ccccc1)C1CC1. The highest BCUT2D eigenvalue weighted by molar-refractivity contribution is 5.77. The number of nitrogens with zero attached hydrogens (tertiary/aromatic N) is 1. The van der Waals surface area contributed by atoms with Gasteiger partial charge in [-0.25, -0.2) is 4.99 Å². The second-order valence-corrected chi connectivity index (χ2v) is 4.88. The maximum atomic E-state index is 5.83. The number of aliphatic imine (C=N–C) groups is 1. The molecule has 0 amide bonds. The van der Waals surface area contributed by atoms with Gasteiger partial charge in [-0.15, -0.1) is 0 Å². The van der Waals surface area contributed by atoms with Gasteiger partial charge in [0.1, 0.15) is 0 Å². The smallest absolute Gasteiger partial charge is 0.188 e. The van der Waals surface area contributed by atoms with Crippen LogP contribution in [0.25, 0.3) is 0 Å². The first-order chi connectivity index (χ1) is 8.25. The standard InChI is InChI=1S/C14H21N3/c1-11(13-7-8-13)9-16-14(15)17-10-12-5-3-2-4-6-12/h2-6,11,13H,7-10H2,1H3,(H3,15,16,17). The van der Waals surface area contributed by atoms with Crippen LogP contribution in [0.2, 0.25) is 0 Å². The van der Waals surface area contributed by atoms with Crippen molar-refractivity contribution in [2.24, 2.45) is 22.6 Å². The van der Waals surface area contributed by atoms with E-state index in [-0.39, 0.29) is 0 Å². The molecule has 0 saturated heterocycles. The summed E-state index contributed by atoms with van der Waals surface area (Å²) in [7, 11) is 0. The third-order valence-corrected chi connectivity index (χ3v) is 3.31. The van der Waals surface area contributed by atoms with Gasteiger partial charge in [0.15, 0.2) is 5.96 Å². The molecule has 3 nitrogen and oxygen atoms in total. The minimum absolute atomic E-state index is 0.557. The summed E-state index contributed by atoms with van der Waals surface area (Å²) >= 11 is 0. The Bertz CT molecular complexity index is 368. The van der Waals surface area contributed by atoms with Gasteiger partial charge in [-0.05, 0) is 30.2 Å². The molecule has 0 heterocycles. The molecule has 0 aliphatic heterocycles. The van der Waals surface area contributed by atoms with Crippen LogP contribution in [0, 0.1) is 11.8 Å². The topological polar surface area (TPSA) is 50.4 Å². The number of hydrogen-bond acceptors (Lipinski definition) is 1. The van der Waals surface area contributed by atoms with Crippen LogP contribution >= 0.6 is 0 Å². The Hall–Kier alpha value is -1.51. The van der Waals surface area contributed by atoms with Crippen molar-refractivity contribution in [1.29, 1.82) is 0 Å². The van der Waals surface area contributed by atoms with E-state index in [0.29, 0.717) is 18.4 Å². The summed E-state index contributed by atoms with van der Waals surface area (Å²) in [4.78, 5) is 4.33. The Kier molecular flexibility index (Phi) is 4.02. The van der Waals surface area contributed by atoms with Crippen LogP contribution in [0.1, 0.15) is 25.3 Å². The van der Waals surface area contributed by atoms with E-state index in [4.69, 9.17) is 5.73 Å². The molecule has 1 aromatic rings. The summed E-state index contributed by atoms with van der Waals surface area (Å²) in [5.74, 6) is 2.17. The molecule has 3 heteroatoms. The highest BCUT2D eigenvalue weighted by Gasteiger charge is 2.27. The molecule has 1 aromatic carbocycles. The van der Waals surface area contributed by atoms with Crippen LogP contribution in [0.15, 0.2) is 35.3 Å². The van der Waals surface area contributed by atoms with E-state index in [0.717, 1.165) is 12.5 Å². The predicted molar refractivity (Wildman–Crippen MR) is 71.7 cm³/mol. The van der Waals surface area contributed by atoms with Crippen molar-refractivity contribution in [1.82, 2.24) is 5.32 Å². The number of nitrogens with two attached hydrogens (primary N) is 1. The van der Waals surface area contributed by atoms with E-state index in [1.165, 1.54) is 18.4 Å². The molecule has 1 atom stereocenters. The molecule has 1 aliphatic rings. The summed E-state index contributed by atoms with van der Waals surface area (Å²) in [6.45, 7) is 3.86. The van der Waals surface area contributed by atoms with Gasteiger partial charge >= 0.3 is 0 Å². The van der Waals surface area contributed by atoms with Crippen molar-refractivity contribution in [2.45, 2.75) is 26.3 Å². The minimum atomic E-state index is 0.557. The van der Waals surface area contributed by atoms with Crippen molar-refractivity contribution in [2.75, 3.05) is 6.54 Å². The monoisotopic (exact) mass is 231 g/mol. The fourth-order valence-corrected chi connectivity index (χ4v) is 1.91. The van der Waals surface area contributed by atoms with Gasteiger partial charge in [-0.1, -0.05) is 37.3 Å². The Labute approximate surface area is 103 Å².